The molecule has 0 unspecified atom stereocenters. The lowest BCUT2D eigenvalue weighted by atomic mass is 10.1. The van der Waals surface area contributed by atoms with Crippen LogP contribution in [0.2, 0.25) is 0 Å². The molecule has 1 rings (SSSR count). The Bertz CT molecular complexity index is 334. The molecule has 1 aromatic carbocycles. The fourth-order valence-electron chi connectivity index (χ4n) is 1.23. The van der Waals surface area contributed by atoms with Gasteiger partial charge >= 0.3 is 0 Å². The van der Waals surface area contributed by atoms with Crippen molar-refractivity contribution < 1.29 is 0 Å². The molecule has 82 valence electrons. The van der Waals surface area contributed by atoms with Gasteiger partial charge in [-0.05, 0) is 23.3 Å². The van der Waals surface area contributed by atoms with E-state index in [4.69, 9.17) is 18.0 Å². The van der Waals surface area contributed by atoms with Gasteiger partial charge in [0.2, 0.25) is 0 Å². The van der Waals surface area contributed by atoms with E-state index < -0.39 is 0 Å². The molecular weight excluding hydrogens is 222 g/mol. The van der Waals surface area contributed by atoms with Crippen molar-refractivity contribution >= 4 is 29.0 Å². The first-order valence-electron chi connectivity index (χ1n) is 5.06. The number of thioether (sulfide) groups is 1. The Labute approximate surface area is 101 Å². The van der Waals surface area contributed by atoms with Crippen molar-refractivity contribution in [3.8, 4) is 0 Å². The summed E-state index contributed by atoms with van der Waals surface area (Å²) in [6, 6.07) is 8.17. The Kier molecular flexibility index (Phi) is 5.12. The maximum Gasteiger partial charge on any atom is 0.103 e. The molecule has 1 aromatic rings. The quantitative estimate of drug-likeness (QED) is 0.799. The molecular formula is C12H17NS2. The second-order valence-electron chi connectivity index (χ2n) is 3.97. The van der Waals surface area contributed by atoms with Crippen LogP contribution in [0.3, 0.4) is 0 Å². The van der Waals surface area contributed by atoms with E-state index >= 15 is 0 Å². The van der Waals surface area contributed by atoms with Gasteiger partial charge < -0.3 is 5.73 Å². The van der Waals surface area contributed by atoms with Crippen molar-refractivity contribution in [2.24, 2.45) is 11.7 Å². The highest BCUT2D eigenvalue weighted by Crippen LogP contribution is 2.16. The van der Waals surface area contributed by atoms with E-state index in [1.165, 1.54) is 11.3 Å². The van der Waals surface area contributed by atoms with Crippen LogP contribution in [-0.4, -0.2) is 10.7 Å². The fourth-order valence-corrected chi connectivity index (χ4v) is 2.36. The molecule has 0 aliphatic rings. The van der Waals surface area contributed by atoms with Crippen molar-refractivity contribution in [3.05, 3.63) is 35.4 Å². The number of rotatable bonds is 5. The molecule has 0 spiro atoms. The van der Waals surface area contributed by atoms with E-state index in [0.29, 0.717) is 4.99 Å². The zero-order valence-electron chi connectivity index (χ0n) is 9.19. The third kappa shape index (κ3) is 4.67. The third-order valence-corrected chi connectivity index (χ3v) is 3.61. The Morgan fingerprint density at radius 2 is 2.20 bits per heavy atom. The Morgan fingerprint density at radius 3 is 2.80 bits per heavy atom. The number of nitrogens with two attached hydrogens (primary N) is 1. The molecule has 0 amide bonds. The molecule has 0 fully saturated rings. The van der Waals surface area contributed by atoms with Crippen LogP contribution in [0.5, 0.6) is 0 Å². The van der Waals surface area contributed by atoms with Crippen molar-refractivity contribution in [2.45, 2.75) is 19.6 Å². The first-order chi connectivity index (χ1) is 7.09. The predicted octanol–water partition coefficient (Wildman–Crippen LogP) is 3.21. The summed E-state index contributed by atoms with van der Waals surface area (Å²) in [6.45, 7) is 4.47. The smallest absolute Gasteiger partial charge is 0.103 e. The largest absolute Gasteiger partial charge is 0.389 e. The number of hydrogen-bond donors (Lipinski definition) is 1. The summed E-state index contributed by atoms with van der Waals surface area (Å²) in [5.74, 6) is 2.97. The van der Waals surface area contributed by atoms with Crippen LogP contribution < -0.4 is 5.73 Å². The lowest BCUT2D eigenvalue weighted by molar-refractivity contribution is 0.750. The van der Waals surface area contributed by atoms with Crippen molar-refractivity contribution in [2.75, 3.05) is 5.75 Å². The van der Waals surface area contributed by atoms with Crippen LogP contribution in [-0.2, 0) is 5.75 Å². The summed E-state index contributed by atoms with van der Waals surface area (Å²) >= 11 is 6.90. The van der Waals surface area contributed by atoms with Crippen molar-refractivity contribution in [1.82, 2.24) is 0 Å². The lowest BCUT2D eigenvalue weighted by Gasteiger charge is -2.06. The molecule has 0 atom stereocenters. The fraction of sp³-hybridized carbons (Fsp3) is 0.417. The minimum Gasteiger partial charge on any atom is -0.389 e. The van der Waals surface area contributed by atoms with Gasteiger partial charge in [-0.15, -0.1) is 0 Å². The topological polar surface area (TPSA) is 26.0 Å². The van der Waals surface area contributed by atoms with Crippen LogP contribution in [0.1, 0.15) is 25.0 Å². The average molecular weight is 239 g/mol. The highest BCUT2D eigenvalue weighted by atomic mass is 32.2. The molecule has 2 N–H and O–H groups in total. The third-order valence-electron chi connectivity index (χ3n) is 1.93. The maximum atomic E-state index is 5.58. The van der Waals surface area contributed by atoms with Gasteiger partial charge in [0.15, 0.2) is 0 Å². The van der Waals surface area contributed by atoms with E-state index in [0.717, 1.165) is 17.2 Å². The highest BCUT2D eigenvalue weighted by molar-refractivity contribution is 7.98. The van der Waals surface area contributed by atoms with Gasteiger partial charge in [0.05, 0.1) is 0 Å². The number of hydrogen-bond acceptors (Lipinski definition) is 2. The number of benzene rings is 1. The summed E-state index contributed by atoms with van der Waals surface area (Å²) in [5, 5.41) is 0. The Morgan fingerprint density at radius 1 is 1.47 bits per heavy atom. The zero-order valence-corrected chi connectivity index (χ0v) is 10.8. The Balaban J connectivity index is 2.54. The van der Waals surface area contributed by atoms with Gasteiger partial charge in [-0.25, -0.2) is 0 Å². The molecule has 0 saturated carbocycles. The summed E-state index contributed by atoms with van der Waals surface area (Å²) in [6.07, 6.45) is 0. The van der Waals surface area contributed by atoms with Gasteiger partial charge in [0, 0.05) is 11.3 Å². The first kappa shape index (κ1) is 12.5. The second kappa shape index (κ2) is 6.13. The normalized spacial score (nSPS) is 10.6. The van der Waals surface area contributed by atoms with E-state index in [2.05, 4.69) is 26.0 Å². The minimum atomic E-state index is 0.478. The Hall–Kier alpha value is -0.540. The van der Waals surface area contributed by atoms with Gasteiger partial charge in [-0.1, -0.05) is 44.3 Å². The first-order valence-corrected chi connectivity index (χ1v) is 6.62. The monoisotopic (exact) mass is 239 g/mol. The molecule has 0 saturated heterocycles. The van der Waals surface area contributed by atoms with Gasteiger partial charge in [-0.3, -0.25) is 0 Å². The van der Waals surface area contributed by atoms with Crippen LogP contribution in [0, 0.1) is 5.92 Å². The van der Waals surface area contributed by atoms with Gasteiger partial charge in [0.25, 0.3) is 0 Å². The molecule has 0 bridgehead atoms. The van der Waals surface area contributed by atoms with Crippen molar-refractivity contribution in [1.29, 1.82) is 0 Å². The van der Waals surface area contributed by atoms with Crippen LogP contribution in [0.4, 0.5) is 0 Å². The summed E-state index contributed by atoms with van der Waals surface area (Å²) in [7, 11) is 0. The van der Waals surface area contributed by atoms with Crippen LogP contribution in [0.25, 0.3) is 0 Å². The van der Waals surface area contributed by atoms with E-state index in [9.17, 15) is 0 Å². The van der Waals surface area contributed by atoms with Crippen molar-refractivity contribution in [3.63, 3.8) is 0 Å². The molecule has 0 aliphatic carbocycles. The van der Waals surface area contributed by atoms with Crippen LogP contribution in [0.15, 0.2) is 24.3 Å². The van der Waals surface area contributed by atoms with Gasteiger partial charge in [-0.2, -0.15) is 11.8 Å². The molecule has 0 heterocycles. The van der Waals surface area contributed by atoms with Gasteiger partial charge in [0.1, 0.15) is 4.99 Å². The van der Waals surface area contributed by atoms with E-state index in [-0.39, 0.29) is 0 Å². The summed E-state index contributed by atoms with van der Waals surface area (Å²) in [4.78, 5) is 0.478. The van der Waals surface area contributed by atoms with E-state index in [1.54, 1.807) is 0 Å². The minimum absolute atomic E-state index is 0.478. The molecule has 1 nitrogen and oxygen atoms in total. The highest BCUT2D eigenvalue weighted by Gasteiger charge is 1.99. The predicted molar refractivity (Wildman–Crippen MR) is 73.3 cm³/mol. The summed E-state index contributed by atoms with van der Waals surface area (Å²) < 4.78 is 0. The zero-order chi connectivity index (χ0) is 11.3. The average Bonchev–Trinajstić information content (AvgIpc) is 2.17. The maximum absolute atomic E-state index is 5.58. The molecule has 0 aliphatic heterocycles. The standard InChI is InChI=1S/C12H17NS2/c1-9(2)7-15-8-10-4-3-5-11(6-10)12(13)14/h3-6,9H,7-8H2,1-2H3,(H2,13,14). The summed E-state index contributed by atoms with van der Waals surface area (Å²) in [5.41, 5.74) is 7.85. The number of thiocarbonyl (C=S) groups is 1. The molecule has 0 aromatic heterocycles. The SMILES string of the molecule is CC(C)CSCc1cccc(C(N)=S)c1. The van der Waals surface area contributed by atoms with E-state index in [1.807, 2.05) is 23.9 Å². The lowest BCUT2D eigenvalue weighted by Crippen LogP contribution is -2.09. The second-order valence-corrected chi connectivity index (χ2v) is 5.44. The van der Waals surface area contributed by atoms with Crippen LogP contribution >= 0.6 is 24.0 Å². The molecule has 0 radical (unpaired) electrons. The molecule has 15 heavy (non-hydrogen) atoms. The molecule has 3 heteroatoms.